The maximum atomic E-state index is 14.9. The maximum Gasteiger partial charge on any atom is 0.406 e. The number of likely N-dealkylation sites (tertiary alicyclic amines) is 1. The van der Waals surface area contributed by atoms with Crippen molar-refractivity contribution in [1.29, 1.82) is 0 Å². The number of esters is 1. The molecule has 1 spiro atoms. The zero-order valence-electron chi connectivity index (χ0n) is 44.4. The highest BCUT2D eigenvalue weighted by atomic mass is 32.1. The molecule has 9 rings (SSSR count). The third-order valence-electron chi connectivity index (χ3n) is 13.6. The van der Waals surface area contributed by atoms with Crippen molar-refractivity contribution in [2.75, 3.05) is 116 Å². The molecule has 3 aliphatic heterocycles. The third kappa shape index (κ3) is 14.0. The summed E-state index contributed by atoms with van der Waals surface area (Å²) in [5.74, 6) is 5.76. The van der Waals surface area contributed by atoms with Gasteiger partial charge >= 0.3 is 12.1 Å². The highest BCUT2D eigenvalue weighted by Crippen LogP contribution is 2.57. The number of alkyl halides is 4. The molecule has 0 radical (unpaired) electrons. The number of aromatic nitrogens is 1. The van der Waals surface area contributed by atoms with E-state index in [-0.39, 0.29) is 49.3 Å². The second-order valence-corrected chi connectivity index (χ2v) is 19.6. The fourth-order valence-electron chi connectivity index (χ4n) is 9.83. The van der Waals surface area contributed by atoms with E-state index in [9.17, 15) is 37.4 Å². The van der Waals surface area contributed by atoms with Crippen LogP contribution in [0.25, 0.3) is 10.9 Å². The molecule has 5 aromatic carbocycles. The van der Waals surface area contributed by atoms with Crippen molar-refractivity contribution in [2.24, 2.45) is 0 Å². The van der Waals surface area contributed by atoms with E-state index < -0.39 is 36.5 Å². The van der Waals surface area contributed by atoms with Crippen molar-refractivity contribution in [3.05, 3.63) is 131 Å². The van der Waals surface area contributed by atoms with Crippen LogP contribution in [-0.2, 0) is 35.8 Å². The van der Waals surface area contributed by atoms with Gasteiger partial charge in [-0.1, -0.05) is 18.1 Å². The Balaban J connectivity index is 0.619. The van der Waals surface area contributed by atoms with Crippen LogP contribution in [0.2, 0.25) is 0 Å². The van der Waals surface area contributed by atoms with Gasteiger partial charge in [-0.15, -0.1) is 0 Å². The first-order valence-corrected chi connectivity index (χ1v) is 26.6. The van der Waals surface area contributed by atoms with Crippen molar-refractivity contribution in [3.63, 3.8) is 0 Å². The normalized spacial score (nSPS) is 16.0. The molecule has 0 saturated carbocycles. The van der Waals surface area contributed by atoms with Gasteiger partial charge in [-0.2, -0.15) is 13.2 Å². The number of thiocarbonyl (C=S) groups is 1. The van der Waals surface area contributed by atoms with E-state index in [1.807, 2.05) is 11.9 Å². The number of carbonyl (C=O) groups is 2. The van der Waals surface area contributed by atoms with Crippen molar-refractivity contribution in [2.45, 2.75) is 37.0 Å². The summed E-state index contributed by atoms with van der Waals surface area (Å²) in [5, 5.41) is 36.5. The lowest BCUT2D eigenvalue weighted by atomic mass is 9.77. The highest BCUT2D eigenvalue weighted by Gasteiger charge is 2.54. The molecule has 0 bridgehead atoms. The van der Waals surface area contributed by atoms with Crippen LogP contribution in [0.15, 0.2) is 97.1 Å². The van der Waals surface area contributed by atoms with Gasteiger partial charge in [0.05, 0.1) is 95.0 Å². The lowest BCUT2D eigenvalue weighted by Gasteiger charge is -2.36. The van der Waals surface area contributed by atoms with E-state index in [0.717, 1.165) is 4.57 Å². The van der Waals surface area contributed by atoms with Gasteiger partial charge in [0.1, 0.15) is 41.5 Å². The van der Waals surface area contributed by atoms with Crippen molar-refractivity contribution >= 4 is 57.2 Å². The standard InChI is InChI=1S/C58H61F4N7O11S/c1-68-20-16-48(46(59)34-68)67-47-6-3-7-50-42(47)31-38(69(50)35-57(60,61)62)5-4-17-63-49-15-8-36(29-53(49)74-2)54(72)64-18-21-75-23-25-77-27-28-78-26-24-76-22-19-65-56(81)66-37-9-12-43-41(30-37)55(73)80-58(43)44-13-10-39(70)32-51(44)79-52-33-40(71)11-14-45(52)58/h3,6-15,29-33,46,48,63,67,70-71H,16-28,34-35H2,1-2H3,(H,64,72)(H2,65,66,81)/t46-,48+/m0/s1. The number of fused-ring (bicyclic) bond motifs is 7. The minimum atomic E-state index is -4.51. The van der Waals surface area contributed by atoms with Crippen LogP contribution in [0.1, 0.15) is 49.5 Å². The van der Waals surface area contributed by atoms with Gasteiger partial charge in [-0.05, 0) is 104 Å². The van der Waals surface area contributed by atoms with Gasteiger partial charge in [0.25, 0.3) is 5.91 Å². The van der Waals surface area contributed by atoms with Crippen molar-refractivity contribution in [3.8, 4) is 40.6 Å². The first kappa shape index (κ1) is 57.8. The van der Waals surface area contributed by atoms with E-state index in [2.05, 4.69) is 38.4 Å². The number of ether oxygens (including phenoxy) is 7. The summed E-state index contributed by atoms with van der Waals surface area (Å²) in [7, 11) is 3.30. The number of methoxy groups -OCH3 is 1. The molecule has 2 atom stereocenters. The minimum Gasteiger partial charge on any atom is -0.508 e. The molecule has 1 fully saturated rings. The Morgan fingerprint density at radius 2 is 1.47 bits per heavy atom. The number of hydrogen-bond acceptors (Lipinski definition) is 15. The van der Waals surface area contributed by atoms with Crippen molar-refractivity contribution < 1.29 is 70.5 Å². The molecule has 7 N–H and O–H groups in total. The Bertz CT molecular complexity index is 3260. The third-order valence-corrected chi connectivity index (χ3v) is 13.9. The Kier molecular flexibility index (Phi) is 18.7. The first-order chi connectivity index (χ1) is 39.1. The number of amides is 1. The Morgan fingerprint density at radius 1 is 0.815 bits per heavy atom. The Hall–Kier alpha value is -7.85. The van der Waals surface area contributed by atoms with Crippen LogP contribution in [0, 0.1) is 11.8 Å². The molecule has 3 aliphatic rings. The number of phenols is 2. The van der Waals surface area contributed by atoms with E-state index in [4.69, 9.17) is 45.4 Å². The summed E-state index contributed by atoms with van der Waals surface area (Å²) in [6, 6.07) is 25.3. The topological polar surface area (TPSA) is 208 Å². The second kappa shape index (κ2) is 26.2. The van der Waals surface area contributed by atoms with Crippen LogP contribution in [-0.4, -0.2) is 155 Å². The fourth-order valence-corrected chi connectivity index (χ4v) is 10.1. The molecule has 0 aliphatic carbocycles. The smallest absolute Gasteiger partial charge is 0.406 e. The summed E-state index contributed by atoms with van der Waals surface area (Å²) in [6.45, 7) is 3.07. The zero-order valence-corrected chi connectivity index (χ0v) is 45.2. The highest BCUT2D eigenvalue weighted by molar-refractivity contribution is 7.80. The molecule has 1 saturated heterocycles. The average molecular weight is 1140 g/mol. The van der Waals surface area contributed by atoms with Gasteiger partial charge in [-0.3, -0.25) is 4.79 Å². The molecule has 6 aromatic rings. The van der Waals surface area contributed by atoms with Crippen LogP contribution in [0.4, 0.5) is 34.6 Å². The minimum absolute atomic E-state index is 0.0309. The summed E-state index contributed by atoms with van der Waals surface area (Å²) >= 11 is 5.48. The van der Waals surface area contributed by atoms with Crippen LogP contribution in [0.3, 0.4) is 0 Å². The molecule has 1 amide bonds. The van der Waals surface area contributed by atoms with E-state index in [1.54, 1.807) is 72.8 Å². The number of aromatic hydroxyl groups is 2. The number of carbonyl (C=O) groups excluding carboxylic acids is 2. The molecule has 18 nitrogen and oxygen atoms in total. The number of piperidine rings is 1. The van der Waals surface area contributed by atoms with Gasteiger partial charge < -0.3 is 79.4 Å². The monoisotopic (exact) mass is 1140 g/mol. The number of rotatable bonds is 23. The van der Waals surface area contributed by atoms with Crippen LogP contribution in [0.5, 0.6) is 28.7 Å². The number of nitrogens with one attached hydrogen (secondary N) is 5. The number of phenolic OH excluding ortho intramolecular Hbond substituents is 2. The average Bonchev–Trinajstić information content (AvgIpc) is 2.22. The maximum absolute atomic E-state index is 14.9. The quantitative estimate of drug-likeness (QED) is 0.0107. The lowest BCUT2D eigenvalue weighted by molar-refractivity contribution is -0.140. The molecular weight excluding hydrogens is 1080 g/mol. The number of halogens is 4. The zero-order chi connectivity index (χ0) is 57.1. The predicted molar refractivity (Wildman–Crippen MR) is 299 cm³/mol. The van der Waals surface area contributed by atoms with Gasteiger partial charge in [0, 0.05) is 77.3 Å². The van der Waals surface area contributed by atoms with E-state index >= 15 is 0 Å². The number of anilines is 3. The number of hydrogen-bond donors (Lipinski definition) is 7. The van der Waals surface area contributed by atoms with Crippen LogP contribution < -0.4 is 36.1 Å². The van der Waals surface area contributed by atoms with Crippen LogP contribution >= 0.6 is 12.2 Å². The van der Waals surface area contributed by atoms with E-state index in [1.165, 1.54) is 31.4 Å². The first-order valence-electron chi connectivity index (χ1n) is 26.2. The molecule has 1 aromatic heterocycles. The number of nitrogens with zero attached hydrogens (tertiary/aromatic N) is 2. The summed E-state index contributed by atoms with van der Waals surface area (Å²) in [4.78, 5) is 28.2. The summed E-state index contributed by atoms with van der Waals surface area (Å²) in [5.41, 5.74) is 3.04. The SMILES string of the molecule is COc1cc(C(=O)NCCOCCOCCOCCOCCNC(=S)Nc2ccc3c(c2)C(=O)OC32c3ccc(O)cc3Oc3cc(O)ccc32)ccc1NCC#Cc1cc2c(N[C@@H]3CCN(C)C[C@@H]3F)cccc2n1CC(F)(F)F. The van der Waals surface area contributed by atoms with Gasteiger partial charge in [0.2, 0.25) is 0 Å². The Labute approximate surface area is 469 Å². The largest absolute Gasteiger partial charge is 0.508 e. The molecule has 428 valence electrons. The van der Waals surface area contributed by atoms with Gasteiger partial charge in [0.15, 0.2) is 10.7 Å². The molecule has 23 heteroatoms. The molecular formula is C58H61F4N7O11S. The number of benzene rings is 5. The van der Waals surface area contributed by atoms with Gasteiger partial charge in [-0.25, -0.2) is 9.18 Å². The van der Waals surface area contributed by atoms with Crippen molar-refractivity contribution in [1.82, 2.24) is 20.1 Å². The Morgan fingerprint density at radius 3 is 2.12 bits per heavy atom. The lowest BCUT2D eigenvalue weighted by Crippen LogP contribution is -2.46. The fraction of sp³-hybridized carbons (Fsp3) is 0.362. The van der Waals surface area contributed by atoms with E-state index in [0.29, 0.717) is 144 Å². The predicted octanol–water partition coefficient (Wildman–Crippen LogP) is 7.89. The molecule has 4 heterocycles. The molecule has 0 unspecified atom stereocenters. The summed E-state index contributed by atoms with van der Waals surface area (Å²) < 4.78 is 97.4. The summed E-state index contributed by atoms with van der Waals surface area (Å²) in [6.07, 6.45) is -5.08. The molecule has 81 heavy (non-hydrogen) atoms. The second-order valence-electron chi connectivity index (χ2n) is 19.2.